The summed E-state index contributed by atoms with van der Waals surface area (Å²) in [4.78, 5) is 13.1. The largest absolute Gasteiger partial charge is 0.435 e. The summed E-state index contributed by atoms with van der Waals surface area (Å²) in [6.45, 7) is 3.59. The van der Waals surface area contributed by atoms with Crippen molar-refractivity contribution in [2.45, 2.75) is 51.0 Å². The van der Waals surface area contributed by atoms with Crippen molar-refractivity contribution in [3.63, 3.8) is 0 Å². The second-order valence-corrected chi connectivity index (χ2v) is 7.95. The number of hydrogen-bond donors (Lipinski definition) is 2. The molecule has 3 unspecified atom stereocenters. The summed E-state index contributed by atoms with van der Waals surface area (Å²) in [5, 5.41) is 19.2. The highest BCUT2D eigenvalue weighted by molar-refractivity contribution is 6.30. The van der Waals surface area contributed by atoms with Crippen LogP contribution in [0.15, 0.2) is 30.7 Å². The number of hydrogen-bond acceptors (Lipinski definition) is 8. The molecule has 0 spiro atoms. The Morgan fingerprint density at radius 1 is 1.42 bits per heavy atom. The number of nitrogens with one attached hydrogen (secondary N) is 1. The molecule has 0 saturated carbocycles. The molecule has 1 aliphatic heterocycles. The Bertz CT molecular complexity index is 1090. The minimum absolute atomic E-state index is 0.00111. The van der Waals surface area contributed by atoms with Gasteiger partial charge in [0.25, 0.3) is 0 Å². The summed E-state index contributed by atoms with van der Waals surface area (Å²) in [5.74, 6) is 0.132. The average molecular weight is 488 g/mol. The smallest absolute Gasteiger partial charge is 0.388 e. The monoisotopic (exact) mass is 487 g/mol. The summed E-state index contributed by atoms with van der Waals surface area (Å²) in [7, 11) is 0. The lowest BCUT2D eigenvalue weighted by molar-refractivity contribution is -0.141. The van der Waals surface area contributed by atoms with Crippen molar-refractivity contribution in [3.8, 4) is 5.69 Å². The number of halogens is 4. The predicted molar refractivity (Wildman–Crippen MR) is 108 cm³/mol. The number of rotatable bonds is 7. The van der Waals surface area contributed by atoms with Crippen molar-refractivity contribution >= 4 is 11.6 Å². The summed E-state index contributed by atoms with van der Waals surface area (Å²) >= 11 is 5.96. The van der Waals surface area contributed by atoms with E-state index in [2.05, 4.69) is 25.6 Å². The van der Waals surface area contributed by atoms with Gasteiger partial charge in [-0.1, -0.05) is 11.6 Å². The number of aliphatic hydroxyl groups is 1. The van der Waals surface area contributed by atoms with Crippen molar-refractivity contribution in [3.05, 3.63) is 53.1 Å². The Morgan fingerprint density at radius 3 is 2.85 bits per heavy atom. The second kappa shape index (κ2) is 9.35. The first kappa shape index (κ1) is 23.6. The molecule has 33 heavy (non-hydrogen) atoms. The topological polar surface area (TPSA) is 112 Å². The zero-order chi connectivity index (χ0) is 23.8. The number of pyridine rings is 1. The molecule has 2 N–H and O–H groups in total. The maximum absolute atomic E-state index is 13.7. The van der Waals surface area contributed by atoms with Gasteiger partial charge in [0.2, 0.25) is 0 Å². The Labute approximate surface area is 191 Å². The molecule has 3 aromatic rings. The van der Waals surface area contributed by atoms with Gasteiger partial charge in [-0.15, -0.1) is 0 Å². The number of aromatic nitrogens is 6. The van der Waals surface area contributed by atoms with Crippen molar-refractivity contribution in [1.29, 1.82) is 0 Å². The van der Waals surface area contributed by atoms with Gasteiger partial charge in [-0.3, -0.25) is 9.52 Å². The van der Waals surface area contributed by atoms with Gasteiger partial charge in [0.15, 0.2) is 11.5 Å². The molecule has 1 aliphatic rings. The zero-order valence-electron chi connectivity index (χ0n) is 17.6. The molecule has 1 saturated heterocycles. The highest BCUT2D eigenvalue weighted by Crippen LogP contribution is 2.35. The SMILES string of the molecule is Cc1nc(C(OC2CNOC2C)[C@@H](O)Cn2cccn2)n(-c2cc(Cl)cnc2C(F)(F)F)n1. The van der Waals surface area contributed by atoms with E-state index in [0.717, 1.165) is 16.9 Å². The standard InChI is InChI=1S/C19H21ClF3N7O3/c1-10-15(8-26-33-10)32-16(14(31)9-29-5-3-4-25-29)18-27-11(2)28-30(18)13-6-12(20)7-24-17(13)19(21,22)23/h3-7,10,14-16,26,31H,8-9H2,1-2H3/t10?,14-,15?,16?/m0/s1. The molecule has 4 rings (SSSR count). The quantitative estimate of drug-likeness (QED) is 0.522. The van der Waals surface area contributed by atoms with Crippen molar-refractivity contribution in [1.82, 2.24) is 35.0 Å². The van der Waals surface area contributed by atoms with Crippen LogP contribution in [0.3, 0.4) is 0 Å². The fourth-order valence-electron chi connectivity index (χ4n) is 3.47. The first-order valence-electron chi connectivity index (χ1n) is 9.99. The molecule has 1 fully saturated rings. The normalized spacial score (nSPS) is 20.8. The van der Waals surface area contributed by atoms with Crippen LogP contribution in [-0.2, 0) is 22.3 Å². The minimum atomic E-state index is -4.78. The summed E-state index contributed by atoms with van der Waals surface area (Å²) in [6, 6.07) is 2.77. The first-order chi connectivity index (χ1) is 15.6. The van der Waals surface area contributed by atoms with Gasteiger partial charge in [-0.05, 0) is 26.0 Å². The molecule has 0 amide bonds. The van der Waals surface area contributed by atoms with Gasteiger partial charge in [-0.25, -0.2) is 14.6 Å². The number of aliphatic hydroxyl groups excluding tert-OH is 1. The summed E-state index contributed by atoms with van der Waals surface area (Å²) in [6.07, 6.45) is -3.98. The molecular formula is C19H21ClF3N7O3. The van der Waals surface area contributed by atoms with Gasteiger partial charge in [0.1, 0.15) is 30.2 Å². The van der Waals surface area contributed by atoms with E-state index in [1.54, 1.807) is 25.4 Å². The number of hydroxylamine groups is 1. The highest BCUT2D eigenvalue weighted by Gasteiger charge is 2.40. The van der Waals surface area contributed by atoms with Crippen LogP contribution in [0.5, 0.6) is 0 Å². The van der Waals surface area contributed by atoms with Crippen molar-refractivity contribution in [2.24, 2.45) is 0 Å². The zero-order valence-corrected chi connectivity index (χ0v) is 18.3. The van der Waals surface area contributed by atoms with Gasteiger partial charge < -0.3 is 9.84 Å². The van der Waals surface area contributed by atoms with Gasteiger partial charge in [-0.2, -0.15) is 28.8 Å². The van der Waals surface area contributed by atoms with E-state index in [9.17, 15) is 18.3 Å². The molecule has 4 atom stereocenters. The first-order valence-corrected chi connectivity index (χ1v) is 10.4. The van der Waals surface area contributed by atoms with E-state index in [-0.39, 0.29) is 29.3 Å². The number of aryl methyl sites for hydroxylation is 1. The van der Waals surface area contributed by atoms with Crippen LogP contribution in [0.4, 0.5) is 13.2 Å². The van der Waals surface area contributed by atoms with E-state index < -0.39 is 35.9 Å². The highest BCUT2D eigenvalue weighted by atomic mass is 35.5. The van der Waals surface area contributed by atoms with Crippen molar-refractivity contribution < 1.29 is 27.9 Å². The van der Waals surface area contributed by atoms with E-state index in [4.69, 9.17) is 21.2 Å². The lowest BCUT2D eigenvalue weighted by Gasteiger charge is -2.27. The van der Waals surface area contributed by atoms with Crippen LogP contribution in [0.25, 0.3) is 5.69 Å². The van der Waals surface area contributed by atoms with Crippen LogP contribution in [0.1, 0.15) is 30.4 Å². The average Bonchev–Trinajstić information content (AvgIpc) is 3.47. The molecule has 4 heterocycles. The van der Waals surface area contributed by atoms with Crippen LogP contribution < -0.4 is 5.48 Å². The molecule has 3 aromatic heterocycles. The molecule has 178 valence electrons. The third-order valence-electron chi connectivity index (χ3n) is 5.00. The predicted octanol–water partition coefficient (Wildman–Crippen LogP) is 2.25. The Morgan fingerprint density at radius 2 is 2.21 bits per heavy atom. The van der Waals surface area contributed by atoms with Crippen LogP contribution in [0.2, 0.25) is 5.02 Å². The van der Waals surface area contributed by atoms with Gasteiger partial charge in [0, 0.05) is 25.1 Å². The van der Waals surface area contributed by atoms with Crippen molar-refractivity contribution in [2.75, 3.05) is 6.54 Å². The van der Waals surface area contributed by atoms with E-state index in [0.29, 0.717) is 6.54 Å². The third-order valence-corrected chi connectivity index (χ3v) is 5.21. The fraction of sp³-hybridized carbons (Fsp3) is 0.474. The third kappa shape index (κ3) is 5.17. The molecular weight excluding hydrogens is 467 g/mol. The number of alkyl halides is 3. The summed E-state index contributed by atoms with van der Waals surface area (Å²) in [5.41, 5.74) is 1.08. The Kier molecular flexibility index (Phi) is 6.68. The second-order valence-electron chi connectivity index (χ2n) is 7.51. The fourth-order valence-corrected chi connectivity index (χ4v) is 3.62. The molecule has 0 radical (unpaired) electrons. The lowest BCUT2D eigenvalue weighted by Crippen LogP contribution is -2.35. The molecule has 0 bridgehead atoms. The summed E-state index contributed by atoms with van der Waals surface area (Å²) < 4.78 is 49.7. The number of ether oxygens (including phenoxy) is 1. The Balaban J connectivity index is 1.79. The van der Waals surface area contributed by atoms with E-state index in [1.807, 2.05) is 0 Å². The Hall–Kier alpha value is -2.58. The van der Waals surface area contributed by atoms with E-state index in [1.165, 1.54) is 11.6 Å². The van der Waals surface area contributed by atoms with Crippen LogP contribution >= 0.6 is 11.6 Å². The van der Waals surface area contributed by atoms with Gasteiger partial charge >= 0.3 is 6.18 Å². The number of nitrogens with zero attached hydrogens (tertiary/aromatic N) is 6. The maximum atomic E-state index is 13.7. The lowest BCUT2D eigenvalue weighted by atomic mass is 10.1. The van der Waals surface area contributed by atoms with E-state index >= 15 is 0 Å². The molecule has 10 nitrogen and oxygen atoms in total. The van der Waals surface area contributed by atoms with Gasteiger partial charge in [0.05, 0.1) is 17.3 Å². The molecule has 14 heteroatoms. The maximum Gasteiger partial charge on any atom is 0.435 e. The molecule has 0 aromatic carbocycles. The van der Waals surface area contributed by atoms with Crippen LogP contribution in [0, 0.1) is 6.92 Å². The molecule has 0 aliphatic carbocycles. The minimum Gasteiger partial charge on any atom is -0.388 e. The van der Waals surface area contributed by atoms with Crippen LogP contribution in [-0.4, -0.2) is 59.5 Å².